The van der Waals surface area contributed by atoms with Crippen LogP contribution in [0.2, 0.25) is 0 Å². The van der Waals surface area contributed by atoms with Gasteiger partial charge in [-0.3, -0.25) is 4.68 Å². The van der Waals surface area contributed by atoms with E-state index >= 15 is 0 Å². The summed E-state index contributed by atoms with van der Waals surface area (Å²) in [5, 5.41) is 6.98. The molecule has 1 aliphatic rings. The largest absolute Gasteiger partial charge is 0.336 e. The Balaban J connectivity index is 1.51. The number of likely N-dealkylation sites (tertiary alicyclic amines) is 1. The van der Waals surface area contributed by atoms with Crippen molar-refractivity contribution in [3.8, 4) is 0 Å². The second-order valence-corrected chi connectivity index (χ2v) is 6.18. The minimum Gasteiger partial charge on any atom is -0.336 e. The molecule has 0 unspecified atom stereocenters. The Morgan fingerprint density at radius 3 is 3.00 bits per heavy atom. The molecule has 1 saturated heterocycles. The standard InChI is InChI=1S/C17H23N5O/c1-13-3-4-16(14(2)9-13)15-5-7-21(10-15)17(23)19-6-8-22-12-18-11-20-22/h3-4,9,11-12,15H,5-8,10H2,1-2H3,(H,19,23)/t15-/m0/s1. The third-order valence-corrected chi connectivity index (χ3v) is 4.42. The number of urea groups is 1. The van der Waals surface area contributed by atoms with E-state index in [-0.39, 0.29) is 6.03 Å². The summed E-state index contributed by atoms with van der Waals surface area (Å²) in [7, 11) is 0. The zero-order valence-electron chi connectivity index (χ0n) is 13.7. The van der Waals surface area contributed by atoms with Crippen molar-refractivity contribution < 1.29 is 4.79 Å². The first-order valence-corrected chi connectivity index (χ1v) is 8.06. The van der Waals surface area contributed by atoms with E-state index in [2.05, 4.69) is 47.4 Å². The molecule has 6 heteroatoms. The third kappa shape index (κ3) is 3.70. The summed E-state index contributed by atoms with van der Waals surface area (Å²) >= 11 is 0. The normalized spacial score (nSPS) is 17.5. The van der Waals surface area contributed by atoms with E-state index in [0.717, 1.165) is 19.5 Å². The molecule has 1 atom stereocenters. The smallest absolute Gasteiger partial charge is 0.317 e. The highest BCUT2D eigenvalue weighted by molar-refractivity contribution is 5.74. The molecule has 0 spiro atoms. The number of hydrogen-bond acceptors (Lipinski definition) is 3. The number of benzene rings is 1. The van der Waals surface area contributed by atoms with Gasteiger partial charge in [0.05, 0.1) is 6.54 Å². The molecule has 2 amide bonds. The molecule has 1 aliphatic heterocycles. The maximum absolute atomic E-state index is 12.3. The van der Waals surface area contributed by atoms with Gasteiger partial charge in [-0.2, -0.15) is 5.10 Å². The lowest BCUT2D eigenvalue weighted by Crippen LogP contribution is -2.39. The van der Waals surface area contributed by atoms with Crippen LogP contribution in [0.25, 0.3) is 0 Å². The van der Waals surface area contributed by atoms with Crippen molar-refractivity contribution >= 4 is 6.03 Å². The molecule has 0 bridgehead atoms. The number of rotatable bonds is 4. The second kappa shape index (κ2) is 6.81. The highest BCUT2D eigenvalue weighted by Gasteiger charge is 2.27. The molecule has 0 radical (unpaired) electrons. The van der Waals surface area contributed by atoms with E-state index in [1.54, 1.807) is 11.0 Å². The number of nitrogens with zero attached hydrogens (tertiary/aromatic N) is 4. The Morgan fingerprint density at radius 1 is 1.39 bits per heavy atom. The maximum atomic E-state index is 12.3. The molecular formula is C17H23N5O. The molecule has 0 aliphatic carbocycles. The van der Waals surface area contributed by atoms with Crippen LogP contribution in [0.1, 0.15) is 29.0 Å². The fourth-order valence-corrected chi connectivity index (χ4v) is 3.22. The first kappa shape index (κ1) is 15.5. The van der Waals surface area contributed by atoms with E-state index < -0.39 is 0 Å². The lowest BCUT2D eigenvalue weighted by Gasteiger charge is -2.18. The van der Waals surface area contributed by atoms with Gasteiger partial charge in [-0.15, -0.1) is 0 Å². The highest BCUT2D eigenvalue weighted by atomic mass is 16.2. The summed E-state index contributed by atoms with van der Waals surface area (Å²) in [5.41, 5.74) is 3.98. The van der Waals surface area contributed by atoms with E-state index in [0.29, 0.717) is 19.0 Å². The summed E-state index contributed by atoms with van der Waals surface area (Å²) in [5.74, 6) is 0.441. The number of amides is 2. The lowest BCUT2D eigenvalue weighted by atomic mass is 9.93. The summed E-state index contributed by atoms with van der Waals surface area (Å²) in [6.45, 7) is 7.07. The number of carbonyl (C=O) groups excluding carboxylic acids is 1. The number of aromatic nitrogens is 3. The quantitative estimate of drug-likeness (QED) is 0.940. The minimum atomic E-state index is 0.0115. The van der Waals surface area contributed by atoms with E-state index in [4.69, 9.17) is 0 Å². The van der Waals surface area contributed by atoms with E-state index in [1.807, 2.05) is 4.90 Å². The average Bonchev–Trinajstić information content (AvgIpc) is 3.18. The van der Waals surface area contributed by atoms with Gasteiger partial charge in [0.1, 0.15) is 12.7 Å². The number of aryl methyl sites for hydroxylation is 2. The van der Waals surface area contributed by atoms with Gasteiger partial charge < -0.3 is 10.2 Å². The molecule has 6 nitrogen and oxygen atoms in total. The van der Waals surface area contributed by atoms with Crippen molar-refractivity contribution in [1.82, 2.24) is 25.0 Å². The Bertz CT molecular complexity index is 668. The van der Waals surface area contributed by atoms with Gasteiger partial charge in [-0.05, 0) is 31.4 Å². The molecule has 23 heavy (non-hydrogen) atoms. The molecule has 0 saturated carbocycles. The molecule has 2 aromatic rings. The average molecular weight is 313 g/mol. The molecule has 1 aromatic heterocycles. The van der Waals surface area contributed by atoms with Crippen LogP contribution < -0.4 is 5.32 Å². The van der Waals surface area contributed by atoms with Crippen LogP contribution in [0.15, 0.2) is 30.9 Å². The van der Waals surface area contributed by atoms with Crippen LogP contribution in [0.4, 0.5) is 4.79 Å². The summed E-state index contributed by atoms with van der Waals surface area (Å²) in [6.07, 6.45) is 4.18. The Kier molecular flexibility index (Phi) is 4.60. The summed E-state index contributed by atoms with van der Waals surface area (Å²) in [6, 6.07) is 6.60. The van der Waals surface area contributed by atoms with Crippen molar-refractivity contribution in [3.63, 3.8) is 0 Å². The summed E-state index contributed by atoms with van der Waals surface area (Å²) < 4.78 is 1.71. The number of nitrogens with one attached hydrogen (secondary N) is 1. The fourth-order valence-electron chi connectivity index (χ4n) is 3.22. The number of carbonyl (C=O) groups is 1. The summed E-state index contributed by atoms with van der Waals surface area (Å²) in [4.78, 5) is 18.1. The fraction of sp³-hybridized carbons (Fsp3) is 0.471. The SMILES string of the molecule is Cc1ccc([C@H]2CCN(C(=O)NCCn3cncn3)C2)c(C)c1. The predicted octanol–water partition coefficient (Wildman–Crippen LogP) is 2.09. The van der Waals surface area contributed by atoms with Crippen LogP contribution in [0, 0.1) is 13.8 Å². The monoisotopic (exact) mass is 313 g/mol. The molecule has 1 N–H and O–H groups in total. The Labute approximate surface area is 136 Å². The van der Waals surface area contributed by atoms with E-state index in [9.17, 15) is 4.79 Å². The van der Waals surface area contributed by atoms with Gasteiger partial charge in [0.25, 0.3) is 0 Å². The first-order valence-electron chi connectivity index (χ1n) is 8.06. The van der Waals surface area contributed by atoms with Crippen molar-refractivity contribution in [2.45, 2.75) is 32.7 Å². The van der Waals surface area contributed by atoms with Crippen LogP contribution in [0.5, 0.6) is 0 Å². The van der Waals surface area contributed by atoms with Crippen molar-refractivity contribution in [1.29, 1.82) is 0 Å². The van der Waals surface area contributed by atoms with Crippen LogP contribution in [-0.2, 0) is 6.54 Å². The molecule has 1 fully saturated rings. The van der Waals surface area contributed by atoms with Gasteiger partial charge >= 0.3 is 6.03 Å². The topological polar surface area (TPSA) is 63.1 Å². The number of hydrogen-bond donors (Lipinski definition) is 1. The van der Waals surface area contributed by atoms with Gasteiger partial charge in [0.2, 0.25) is 0 Å². The van der Waals surface area contributed by atoms with Crippen LogP contribution in [-0.4, -0.2) is 45.3 Å². The van der Waals surface area contributed by atoms with Gasteiger partial charge in [-0.25, -0.2) is 9.78 Å². The molecule has 3 rings (SSSR count). The molecule has 1 aromatic carbocycles. The minimum absolute atomic E-state index is 0.0115. The third-order valence-electron chi connectivity index (χ3n) is 4.42. The van der Waals surface area contributed by atoms with Gasteiger partial charge in [0, 0.05) is 25.6 Å². The molecule has 2 heterocycles. The van der Waals surface area contributed by atoms with E-state index in [1.165, 1.54) is 23.0 Å². The highest BCUT2D eigenvalue weighted by Crippen LogP contribution is 2.29. The Hall–Kier alpha value is -2.37. The maximum Gasteiger partial charge on any atom is 0.317 e. The van der Waals surface area contributed by atoms with Crippen molar-refractivity contribution in [2.75, 3.05) is 19.6 Å². The van der Waals surface area contributed by atoms with Crippen LogP contribution >= 0.6 is 0 Å². The van der Waals surface area contributed by atoms with Crippen LogP contribution in [0.3, 0.4) is 0 Å². The molecular weight excluding hydrogens is 290 g/mol. The lowest BCUT2D eigenvalue weighted by molar-refractivity contribution is 0.207. The van der Waals surface area contributed by atoms with Crippen molar-refractivity contribution in [2.24, 2.45) is 0 Å². The van der Waals surface area contributed by atoms with Gasteiger partial charge in [-0.1, -0.05) is 23.8 Å². The molecule has 122 valence electrons. The first-order chi connectivity index (χ1) is 11.1. The Morgan fingerprint density at radius 2 is 2.26 bits per heavy atom. The second-order valence-electron chi connectivity index (χ2n) is 6.18. The zero-order chi connectivity index (χ0) is 16.2. The van der Waals surface area contributed by atoms with Gasteiger partial charge in [0.15, 0.2) is 0 Å². The zero-order valence-corrected chi connectivity index (χ0v) is 13.7. The van der Waals surface area contributed by atoms with Crippen molar-refractivity contribution in [3.05, 3.63) is 47.5 Å². The predicted molar refractivity (Wildman–Crippen MR) is 88.3 cm³/mol.